The van der Waals surface area contributed by atoms with E-state index in [1.807, 2.05) is 60.0 Å². The first kappa shape index (κ1) is 38.9. The van der Waals surface area contributed by atoms with Crippen LogP contribution in [-0.2, 0) is 31.2 Å². The molecule has 0 amide bonds. The molecule has 0 unspecified atom stereocenters. The summed E-state index contributed by atoms with van der Waals surface area (Å²) in [5.74, 6) is 2.25. The van der Waals surface area contributed by atoms with Crippen LogP contribution in [-0.4, -0.2) is 24.9 Å². The van der Waals surface area contributed by atoms with Crippen LogP contribution in [0.25, 0.3) is 72.4 Å². The first-order valence-corrected chi connectivity index (χ1v) is 22.5. The fourth-order valence-corrected chi connectivity index (χ4v) is 9.12. The molecular weight excluding hydrogens is 1020 g/mol. The van der Waals surface area contributed by atoms with Crippen molar-refractivity contribution < 1.29 is 37.4 Å². The maximum atomic E-state index is 8.65. The summed E-state index contributed by atoms with van der Waals surface area (Å²) in [4.78, 5) is 9.31. The summed E-state index contributed by atoms with van der Waals surface area (Å²) < 4.78 is 57.4. The topological polar surface area (TPSA) is 42.8 Å². The van der Waals surface area contributed by atoms with Crippen LogP contribution in [0.15, 0.2) is 182 Å². The Morgan fingerprint density at radius 1 is 0.676 bits per heavy atom. The molecule has 11 rings (SSSR count). The summed E-state index contributed by atoms with van der Waals surface area (Å²) in [6.07, 6.45) is 3.38. The third-order valence-corrected chi connectivity index (χ3v) is 12.5. The van der Waals surface area contributed by atoms with Crippen molar-refractivity contribution in [3.8, 4) is 50.7 Å². The van der Waals surface area contributed by atoms with Crippen LogP contribution < -0.4 is 4.74 Å². The largest absolute Gasteiger partial charge is 0.503 e. The van der Waals surface area contributed by atoms with Crippen LogP contribution in [0.2, 0.25) is 0 Å². The van der Waals surface area contributed by atoms with Gasteiger partial charge in [-0.2, -0.15) is 12.7 Å². The number of fused-ring (bicyclic) bond motifs is 4. The number of aryl methyl sites for hydroxylation is 1. The Bertz CT molecular complexity index is 3640. The predicted molar refractivity (Wildman–Crippen MR) is 273 cm³/mol. The van der Waals surface area contributed by atoms with Crippen molar-refractivity contribution in [2.24, 2.45) is 0 Å². The molecule has 2 aliphatic rings. The number of pyridine rings is 1. The molecule has 0 bridgehead atoms. The molecule has 7 heteroatoms. The second-order valence-electron chi connectivity index (χ2n) is 19.1. The maximum absolute atomic E-state index is 8.65. The van der Waals surface area contributed by atoms with E-state index in [2.05, 4.69) is 155 Å². The van der Waals surface area contributed by atoms with Crippen molar-refractivity contribution in [1.82, 2.24) is 19.4 Å². The van der Waals surface area contributed by atoms with Crippen LogP contribution >= 0.6 is 0 Å². The average Bonchev–Trinajstić information content (AvgIpc) is 4.06. The minimum absolute atomic E-state index is 0. The van der Waals surface area contributed by atoms with E-state index in [4.69, 9.17) is 21.3 Å². The number of benzene rings is 7. The maximum Gasteiger partial charge on any atom is 0.184 e. The average molecular weight is 1070 g/mol. The van der Waals surface area contributed by atoms with Crippen LogP contribution in [0, 0.1) is 25.7 Å². The van der Waals surface area contributed by atoms with E-state index in [1.165, 1.54) is 5.56 Å². The van der Waals surface area contributed by atoms with Crippen molar-refractivity contribution in [2.45, 2.75) is 59.4 Å². The molecule has 0 fully saturated rings. The Morgan fingerprint density at radius 2 is 1.35 bits per heavy atom. The summed E-state index contributed by atoms with van der Waals surface area (Å²) in [7, 11) is 0. The molecule has 9 aromatic rings. The molecule has 0 spiro atoms. The zero-order valence-electron chi connectivity index (χ0n) is 43.9. The molecule has 0 N–H and O–H groups in total. The molecule has 0 radical (unpaired) electrons. The van der Waals surface area contributed by atoms with Gasteiger partial charge in [0.05, 0.1) is 18.8 Å². The fourth-order valence-electron chi connectivity index (χ4n) is 9.12. The van der Waals surface area contributed by atoms with E-state index in [0.717, 1.165) is 66.6 Å². The van der Waals surface area contributed by atoms with Crippen molar-refractivity contribution in [2.75, 3.05) is 0 Å². The van der Waals surface area contributed by atoms with Crippen LogP contribution in [0.3, 0.4) is 0 Å². The van der Waals surface area contributed by atoms with Gasteiger partial charge in [0.1, 0.15) is 5.82 Å². The molecule has 68 heavy (non-hydrogen) atoms. The Hall–Kier alpha value is -7.14. The molecule has 340 valence electrons. The van der Waals surface area contributed by atoms with Gasteiger partial charge in [-0.05, 0) is 95.3 Å². The molecule has 7 aromatic carbocycles. The molecule has 6 nitrogen and oxygen atoms in total. The molecule has 2 aromatic heterocycles. The first-order chi connectivity index (χ1) is 34.5. The summed E-state index contributed by atoms with van der Waals surface area (Å²) >= 11 is 0. The van der Waals surface area contributed by atoms with E-state index in [9.17, 15) is 0 Å². The second kappa shape index (κ2) is 17.5. The van der Waals surface area contributed by atoms with Gasteiger partial charge in [-0.1, -0.05) is 154 Å². The van der Waals surface area contributed by atoms with Crippen molar-refractivity contribution in [3.63, 3.8) is 0 Å². The third-order valence-electron chi connectivity index (χ3n) is 12.5. The van der Waals surface area contributed by atoms with Gasteiger partial charge >= 0.3 is 0 Å². The van der Waals surface area contributed by atoms with E-state index in [1.54, 1.807) is 12.5 Å². The van der Waals surface area contributed by atoms with Crippen LogP contribution in [0.4, 0.5) is 0 Å². The first-order valence-electron chi connectivity index (χ1n) is 25.0. The van der Waals surface area contributed by atoms with Gasteiger partial charge in [0.2, 0.25) is 0 Å². The van der Waals surface area contributed by atoms with Crippen molar-refractivity contribution in [3.05, 3.63) is 223 Å². The standard InChI is InChI=1S/C61H51N4O2.Pt/c1-40-33-56(62-37-52(40)43-23-15-10-16-24-43)65-53-32-29-45(60(2,3)4)35-51(53)50-31-30-47(36-54(50)65)67-46-26-17-25-44(34-46)55-38-66-59-58(64(39-63(55)59)61(5,6)7)57-48(41-19-11-8-12-20-41)27-18-28-49(57)42-21-13-9-14-22-42;/h8-33,35,37-39H,1-7H3;/q-3;/i10D,15D,16D,23D,24D;. The van der Waals surface area contributed by atoms with Gasteiger partial charge in [0, 0.05) is 60.9 Å². The number of ether oxygens (including phenoxy) is 2. The molecular formula is C61H51N4O2Pt-3. The van der Waals surface area contributed by atoms with E-state index >= 15 is 0 Å². The van der Waals surface area contributed by atoms with Crippen molar-refractivity contribution >= 4 is 33.2 Å². The molecule has 0 saturated heterocycles. The molecule has 2 aliphatic heterocycles. The van der Waals surface area contributed by atoms with Crippen LogP contribution in [0.5, 0.6) is 11.5 Å². The third kappa shape index (κ3) is 8.01. The van der Waals surface area contributed by atoms with Gasteiger partial charge in [0.25, 0.3) is 0 Å². The Kier molecular flexibility index (Phi) is 10.0. The number of hydrogen-bond acceptors (Lipinski definition) is 5. The molecule has 0 atom stereocenters. The summed E-state index contributed by atoms with van der Waals surface area (Å²) in [5, 5.41) is 1.98. The van der Waals surface area contributed by atoms with Crippen LogP contribution in [0.1, 0.15) is 70.7 Å². The smallest absolute Gasteiger partial charge is 0.184 e. The number of aromatic nitrogens is 2. The number of hydrogen-bond donors (Lipinski definition) is 0. The van der Waals surface area contributed by atoms with Gasteiger partial charge < -0.3 is 23.8 Å². The monoisotopic (exact) mass is 1070 g/mol. The zero-order valence-corrected chi connectivity index (χ0v) is 41.1. The molecule has 4 heterocycles. The summed E-state index contributed by atoms with van der Waals surface area (Å²) in [6, 6.07) is 51.0. The number of nitrogens with zero attached hydrogens (tertiary/aromatic N) is 4. The van der Waals surface area contributed by atoms with Crippen molar-refractivity contribution in [1.29, 1.82) is 0 Å². The Balaban J connectivity index is 0.00000611. The minimum atomic E-state index is -0.435. The minimum Gasteiger partial charge on any atom is -0.503 e. The van der Waals surface area contributed by atoms with E-state index in [0.29, 0.717) is 34.3 Å². The van der Waals surface area contributed by atoms with Gasteiger partial charge in [-0.15, -0.1) is 41.3 Å². The molecule has 0 saturated carbocycles. The van der Waals surface area contributed by atoms with E-state index in [-0.39, 0.29) is 61.8 Å². The number of rotatable bonds is 8. The predicted octanol–water partition coefficient (Wildman–Crippen LogP) is 15.4. The van der Waals surface area contributed by atoms with Gasteiger partial charge in [-0.3, -0.25) is 0 Å². The normalized spacial score (nSPS) is 14.8. The van der Waals surface area contributed by atoms with Gasteiger partial charge in [-0.25, -0.2) is 4.98 Å². The SMILES string of the molecule is [2H]c1c([2H])c([2H])c(-c2cnc(-n3c4[c-]c(Oc5[c-]c(C6=COC7=C(c8c(-c9ccccc9)cccc8-c8ccccc8)N(C(C)(C)C)[CH-]N67)ccc5)ccc4c4cc(C(C)(C)C)ccc43)cc2C)c([2H])c1[2H].[Pt]. The quantitative estimate of drug-likeness (QED) is 0.142. The fraction of sp³-hybridized carbons (Fsp3) is 0.148. The summed E-state index contributed by atoms with van der Waals surface area (Å²) in [5.41, 5.74) is 11.7. The van der Waals surface area contributed by atoms with E-state index < -0.39 is 6.04 Å². The Morgan fingerprint density at radius 3 is 2.01 bits per heavy atom. The Labute approximate surface area is 421 Å². The summed E-state index contributed by atoms with van der Waals surface area (Å²) in [6.45, 7) is 17.2. The molecule has 0 aliphatic carbocycles. The zero-order chi connectivity index (χ0) is 50.4. The van der Waals surface area contributed by atoms with Gasteiger partial charge in [0.15, 0.2) is 5.88 Å². The second-order valence-corrected chi connectivity index (χ2v) is 19.1.